The van der Waals surface area contributed by atoms with Crippen LogP contribution in [0.2, 0.25) is 0 Å². The van der Waals surface area contributed by atoms with Gasteiger partial charge in [0.05, 0.1) is 23.1 Å². The molecule has 0 bridgehead atoms. The number of methoxy groups -OCH3 is 1. The van der Waals surface area contributed by atoms with E-state index in [2.05, 4.69) is 10.3 Å². The smallest absolute Gasteiger partial charge is 0.416 e. The number of carbonyl (C=O) groups is 1. The van der Waals surface area contributed by atoms with Crippen LogP contribution in [0, 0.1) is 0 Å². The number of hydrogen-bond acceptors (Lipinski definition) is 5. The van der Waals surface area contributed by atoms with E-state index in [0.29, 0.717) is 28.1 Å². The minimum absolute atomic E-state index is 0.0655. The highest BCUT2D eigenvalue weighted by Gasteiger charge is 2.38. The van der Waals surface area contributed by atoms with Gasteiger partial charge in [-0.1, -0.05) is 6.07 Å². The second-order valence-corrected chi connectivity index (χ2v) is 7.67. The molecule has 2 aromatic rings. The van der Waals surface area contributed by atoms with Crippen molar-refractivity contribution in [3.63, 3.8) is 0 Å². The summed E-state index contributed by atoms with van der Waals surface area (Å²) in [6.07, 6.45) is -8.25. The van der Waals surface area contributed by atoms with Crippen LogP contribution in [0.25, 0.3) is 6.08 Å². The van der Waals surface area contributed by atoms with Gasteiger partial charge in [-0.15, -0.1) is 0 Å². The molecule has 176 valence electrons. The molecule has 1 heterocycles. The van der Waals surface area contributed by atoms with Crippen LogP contribution in [0.3, 0.4) is 0 Å². The van der Waals surface area contributed by atoms with E-state index in [4.69, 9.17) is 9.47 Å². The Hall–Kier alpha value is -3.15. The van der Waals surface area contributed by atoms with Crippen LogP contribution >= 0.6 is 11.8 Å². The van der Waals surface area contributed by atoms with E-state index in [0.717, 1.165) is 17.8 Å². The fourth-order valence-electron chi connectivity index (χ4n) is 2.94. The summed E-state index contributed by atoms with van der Waals surface area (Å²) in [7, 11) is 2.89. The molecule has 12 heteroatoms. The molecule has 1 amide bonds. The Kier molecular flexibility index (Phi) is 6.96. The van der Waals surface area contributed by atoms with Crippen molar-refractivity contribution in [1.82, 2.24) is 5.32 Å². The molecule has 0 spiro atoms. The summed E-state index contributed by atoms with van der Waals surface area (Å²) in [6, 6.07) is 5.83. The predicted molar refractivity (Wildman–Crippen MR) is 111 cm³/mol. The molecule has 1 saturated heterocycles. The van der Waals surface area contributed by atoms with Crippen molar-refractivity contribution in [2.24, 2.45) is 4.99 Å². The van der Waals surface area contributed by atoms with Gasteiger partial charge < -0.3 is 14.8 Å². The predicted octanol–water partition coefficient (Wildman–Crippen LogP) is 6.14. The molecule has 1 aliphatic rings. The van der Waals surface area contributed by atoms with Crippen molar-refractivity contribution >= 4 is 28.9 Å². The largest absolute Gasteiger partial charge is 0.496 e. The number of benzene rings is 2. The quantitative estimate of drug-likeness (QED) is 0.512. The molecule has 0 radical (unpaired) electrons. The fourth-order valence-corrected chi connectivity index (χ4v) is 3.71. The summed E-state index contributed by atoms with van der Waals surface area (Å²) in [5.41, 5.74) is -2.72. The Morgan fingerprint density at radius 3 is 2.39 bits per heavy atom. The van der Waals surface area contributed by atoms with E-state index >= 15 is 0 Å². The van der Waals surface area contributed by atoms with Crippen molar-refractivity contribution in [1.29, 1.82) is 0 Å². The van der Waals surface area contributed by atoms with E-state index in [1.165, 1.54) is 26.3 Å². The Morgan fingerprint density at radius 2 is 1.79 bits per heavy atom. The SMILES string of the molecule is CN=C1NC(=O)S/C1=C\c1ccc(OCc2ccc(C(F)(F)F)cc2C(F)(F)F)cc1OC. The minimum Gasteiger partial charge on any atom is -0.496 e. The van der Waals surface area contributed by atoms with Gasteiger partial charge in [0.2, 0.25) is 0 Å². The number of halogens is 6. The summed E-state index contributed by atoms with van der Waals surface area (Å²) in [5.74, 6) is 0.827. The van der Waals surface area contributed by atoms with E-state index in [1.54, 1.807) is 12.1 Å². The number of aliphatic imine (C=N–C) groups is 1. The molecule has 1 N–H and O–H groups in total. The van der Waals surface area contributed by atoms with E-state index in [1.807, 2.05) is 0 Å². The Labute approximate surface area is 188 Å². The van der Waals surface area contributed by atoms with Gasteiger partial charge in [0, 0.05) is 24.2 Å². The highest BCUT2D eigenvalue weighted by atomic mass is 32.2. The summed E-state index contributed by atoms with van der Waals surface area (Å²) >= 11 is 0.938. The second kappa shape index (κ2) is 9.38. The number of thioether (sulfide) groups is 1. The first kappa shape index (κ1) is 24.5. The minimum atomic E-state index is -4.99. The summed E-state index contributed by atoms with van der Waals surface area (Å²) in [4.78, 5) is 16.1. The maximum absolute atomic E-state index is 13.3. The molecule has 0 aromatic heterocycles. The third kappa shape index (κ3) is 5.81. The molecule has 1 aliphatic heterocycles. The number of hydrogen-bond donors (Lipinski definition) is 1. The van der Waals surface area contributed by atoms with Gasteiger partial charge in [0.15, 0.2) is 0 Å². The topological polar surface area (TPSA) is 59.9 Å². The summed E-state index contributed by atoms with van der Waals surface area (Å²) in [5, 5.41) is 2.28. The Bertz CT molecular complexity index is 1130. The molecule has 0 saturated carbocycles. The third-order valence-electron chi connectivity index (χ3n) is 4.51. The van der Waals surface area contributed by atoms with E-state index in [9.17, 15) is 31.1 Å². The molecule has 0 atom stereocenters. The molecule has 0 aliphatic carbocycles. The van der Waals surface area contributed by atoms with Crippen LogP contribution < -0.4 is 14.8 Å². The van der Waals surface area contributed by atoms with Crippen LogP contribution in [0.4, 0.5) is 31.1 Å². The molecular formula is C21H16F6N2O3S. The van der Waals surface area contributed by atoms with Gasteiger partial charge in [-0.05, 0) is 42.1 Å². The zero-order chi connectivity index (χ0) is 24.4. The summed E-state index contributed by atoms with van der Waals surface area (Å²) < 4.78 is 89.1. The first-order valence-corrected chi connectivity index (χ1v) is 10.00. The average Bonchev–Trinajstić information content (AvgIpc) is 3.10. The van der Waals surface area contributed by atoms with Crippen LogP contribution in [-0.4, -0.2) is 25.2 Å². The lowest BCUT2D eigenvalue weighted by Gasteiger charge is -2.17. The molecule has 1 fully saturated rings. The van der Waals surface area contributed by atoms with Gasteiger partial charge in [-0.25, -0.2) is 0 Å². The van der Waals surface area contributed by atoms with Crippen molar-refractivity contribution in [3.8, 4) is 11.5 Å². The normalized spacial score (nSPS) is 16.9. The lowest BCUT2D eigenvalue weighted by molar-refractivity contribution is -0.143. The average molecular weight is 490 g/mol. The highest BCUT2D eigenvalue weighted by Crippen LogP contribution is 2.38. The van der Waals surface area contributed by atoms with E-state index in [-0.39, 0.29) is 17.1 Å². The van der Waals surface area contributed by atoms with Crippen LogP contribution in [0.1, 0.15) is 22.3 Å². The molecule has 3 rings (SSSR count). The van der Waals surface area contributed by atoms with Gasteiger partial charge >= 0.3 is 12.4 Å². The van der Waals surface area contributed by atoms with Gasteiger partial charge in [0.25, 0.3) is 5.24 Å². The van der Waals surface area contributed by atoms with Crippen molar-refractivity contribution in [2.75, 3.05) is 14.2 Å². The number of amidine groups is 1. The Morgan fingerprint density at radius 1 is 1.06 bits per heavy atom. The van der Waals surface area contributed by atoms with Gasteiger partial charge in [0.1, 0.15) is 23.9 Å². The Balaban J connectivity index is 1.85. The molecular weight excluding hydrogens is 474 g/mol. The first-order chi connectivity index (χ1) is 15.4. The van der Waals surface area contributed by atoms with Crippen molar-refractivity contribution in [3.05, 3.63) is 63.6 Å². The monoisotopic (exact) mass is 490 g/mol. The third-order valence-corrected chi connectivity index (χ3v) is 5.33. The number of nitrogens with one attached hydrogen (secondary N) is 1. The lowest BCUT2D eigenvalue weighted by Crippen LogP contribution is -2.18. The van der Waals surface area contributed by atoms with Crippen LogP contribution in [0.15, 0.2) is 46.3 Å². The molecule has 0 unspecified atom stereocenters. The highest BCUT2D eigenvalue weighted by molar-refractivity contribution is 8.18. The standard InChI is InChI=1S/C21H16F6N2O3S/c1-28-18-17(33-19(30)29-18)7-11-4-6-14(9-16(11)31-2)32-10-12-3-5-13(20(22,23)24)8-15(12)21(25,26)27/h3-9H,10H2,1-2H3,(H,28,29,30)/b17-7-. The number of carbonyl (C=O) groups excluding carboxylic acids is 1. The van der Waals surface area contributed by atoms with E-state index < -0.39 is 35.6 Å². The summed E-state index contributed by atoms with van der Waals surface area (Å²) in [6.45, 7) is -0.614. The zero-order valence-corrected chi connectivity index (χ0v) is 17.9. The lowest BCUT2D eigenvalue weighted by atomic mass is 10.0. The van der Waals surface area contributed by atoms with Gasteiger partial charge in [-0.2, -0.15) is 26.3 Å². The molecule has 2 aromatic carbocycles. The molecule has 33 heavy (non-hydrogen) atoms. The second-order valence-electron chi connectivity index (χ2n) is 6.66. The number of rotatable bonds is 5. The van der Waals surface area contributed by atoms with Gasteiger partial charge in [-0.3, -0.25) is 9.79 Å². The van der Waals surface area contributed by atoms with Crippen molar-refractivity contribution < 1.29 is 40.6 Å². The molecule has 5 nitrogen and oxygen atoms in total. The van der Waals surface area contributed by atoms with Crippen molar-refractivity contribution in [2.45, 2.75) is 19.0 Å². The van der Waals surface area contributed by atoms with Crippen LogP contribution in [0.5, 0.6) is 11.5 Å². The number of nitrogens with zero attached hydrogens (tertiary/aromatic N) is 1. The zero-order valence-electron chi connectivity index (χ0n) is 17.1. The first-order valence-electron chi connectivity index (χ1n) is 9.18. The fraction of sp³-hybridized carbons (Fsp3) is 0.238. The number of ether oxygens (including phenoxy) is 2. The number of amides is 1. The number of alkyl halides is 6. The maximum Gasteiger partial charge on any atom is 0.416 e. The van der Waals surface area contributed by atoms with Crippen LogP contribution in [-0.2, 0) is 19.0 Å². The maximum atomic E-state index is 13.3.